The molecule has 1 heterocycles. The Morgan fingerprint density at radius 1 is 1.23 bits per heavy atom. The fraction of sp³-hybridized carbons (Fsp3) is 0.200. The molecule has 0 saturated heterocycles. The van der Waals surface area contributed by atoms with Gasteiger partial charge in [0.2, 0.25) is 5.75 Å². The fourth-order valence-electron chi connectivity index (χ4n) is 1.72. The van der Waals surface area contributed by atoms with Gasteiger partial charge in [-0.05, 0) is 40.2 Å². The molecule has 0 N–H and O–H groups in total. The Bertz CT molecular complexity index is 697. The lowest BCUT2D eigenvalue weighted by atomic mass is 10.2. The summed E-state index contributed by atoms with van der Waals surface area (Å²) in [6.07, 6.45) is 1.89. The molecule has 0 fully saturated rings. The number of nitro groups is 1. The second-order valence-electron chi connectivity index (χ2n) is 4.27. The summed E-state index contributed by atoms with van der Waals surface area (Å²) in [5.74, 6) is 0.440. The third kappa shape index (κ3) is 4.18. The van der Waals surface area contributed by atoms with Gasteiger partial charge in [0.25, 0.3) is 0 Å². The van der Waals surface area contributed by atoms with Gasteiger partial charge in [0, 0.05) is 6.42 Å². The molecule has 0 radical (unpaired) electrons. The minimum absolute atomic E-state index is 0.138. The van der Waals surface area contributed by atoms with E-state index in [0.29, 0.717) is 24.3 Å². The largest absolute Gasteiger partial charge is 0.493 e. The summed E-state index contributed by atoms with van der Waals surface area (Å²) in [7, 11) is 0. The molecule has 0 atom stereocenters. The Morgan fingerprint density at radius 2 is 2.05 bits per heavy atom. The van der Waals surface area contributed by atoms with Crippen molar-refractivity contribution in [2.24, 2.45) is 0 Å². The van der Waals surface area contributed by atoms with Gasteiger partial charge in [0.05, 0.1) is 24.8 Å². The van der Waals surface area contributed by atoms with Crippen molar-refractivity contribution >= 4 is 5.82 Å². The van der Waals surface area contributed by atoms with E-state index < -0.39 is 4.92 Å². The molecule has 0 unspecified atom stereocenters. The standard InChI is InChI=1S/C15H13N3O4/c16-11-12-4-1-5-13(10-12)21-8-3-9-22-14-6-2-7-17-15(14)18(19)20/h1-2,4-7,10H,3,8-9H2. The van der Waals surface area contributed by atoms with E-state index in [1.165, 1.54) is 12.3 Å². The third-order valence-electron chi connectivity index (χ3n) is 2.70. The summed E-state index contributed by atoms with van der Waals surface area (Å²) in [5.41, 5.74) is 0.528. The van der Waals surface area contributed by atoms with Gasteiger partial charge in [-0.25, -0.2) is 0 Å². The number of aromatic nitrogens is 1. The van der Waals surface area contributed by atoms with Crippen LogP contribution in [-0.4, -0.2) is 23.1 Å². The van der Waals surface area contributed by atoms with Gasteiger partial charge < -0.3 is 19.6 Å². The molecule has 2 rings (SSSR count). The van der Waals surface area contributed by atoms with Crippen LogP contribution >= 0.6 is 0 Å². The molecule has 1 aromatic carbocycles. The zero-order valence-corrected chi connectivity index (χ0v) is 11.6. The number of ether oxygens (including phenoxy) is 2. The fourth-order valence-corrected chi connectivity index (χ4v) is 1.72. The van der Waals surface area contributed by atoms with Crippen molar-refractivity contribution in [2.75, 3.05) is 13.2 Å². The van der Waals surface area contributed by atoms with E-state index in [1.807, 2.05) is 6.07 Å². The maximum Gasteiger partial charge on any atom is 0.406 e. The lowest BCUT2D eigenvalue weighted by molar-refractivity contribution is -0.390. The van der Waals surface area contributed by atoms with Gasteiger partial charge in [-0.2, -0.15) is 5.26 Å². The van der Waals surface area contributed by atoms with Crippen molar-refractivity contribution in [1.82, 2.24) is 4.98 Å². The highest BCUT2D eigenvalue weighted by molar-refractivity contribution is 5.38. The Hall–Kier alpha value is -3.14. The summed E-state index contributed by atoms with van der Waals surface area (Å²) < 4.78 is 10.8. The van der Waals surface area contributed by atoms with Gasteiger partial charge in [0.15, 0.2) is 0 Å². The highest BCUT2D eigenvalue weighted by Crippen LogP contribution is 2.22. The average molecular weight is 299 g/mol. The molecule has 2 aromatic rings. The summed E-state index contributed by atoms with van der Waals surface area (Å²) in [5, 5.41) is 19.6. The molecule has 0 amide bonds. The highest BCUT2D eigenvalue weighted by Gasteiger charge is 2.14. The monoisotopic (exact) mass is 299 g/mol. The van der Waals surface area contributed by atoms with Crippen molar-refractivity contribution in [1.29, 1.82) is 5.26 Å². The van der Waals surface area contributed by atoms with Crippen molar-refractivity contribution < 1.29 is 14.4 Å². The van der Waals surface area contributed by atoms with Crippen LogP contribution in [0.4, 0.5) is 5.82 Å². The first-order valence-corrected chi connectivity index (χ1v) is 6.56. The molecule has 0 saturated carbocycles. The van der Waals surface area contributed by atoms with E-state index in [9.17, 15) is 10.1 Å². The average Bonchev–Trinajstić information content (AvgIpc) is 2.55. The SMILES string of the molecule is N#Cc1cccc(OCCCOc2cccnc2[N+](=O)[O-])c1. The molecule has 7 heteroatoms. The van der Waals surface area contributed by atoms with E-state index >= 15 is 0 Å². The number of benzene rings is 1. The molecule has 1 aromatic heterocycles. The van der Waals surface area contributed by atoms with Crippen LogP contribution in [0.15, 0.2) is 42.6 Å². The zero-order chi connectivity index (χ0) is 15.8. The topological polar surface area (TPSA) is 98.3 Å². The van der Waals surface area contributed by atoms with E-state index in [-0.39, 0.29) is 18.2 Å². The number of pyridine rings is 1. The molecule has 0 aliphatic heterocycles. The molecule has 22 heavy (non-hydrogen) atoms. The lowest BCUT2D eigenvalue weighted by Gasteiger charge is -2.08. The number of hydrogen-bond acceptors (Lipinski definition) is 6. The van der Waals surface area contributed by atoms with Crippen LogP contribution in [0.25, 0.3) is 0 Å². The van der Waals surface area contributed by atoms with E-state index in [1.54, 1.807) is 30.3 Å². The first-order valence-electron chi connectivity index (χ1n) is 6.56. The second kappa shape index (κ2) is 7.59. The minimum Gasteiger partial charge on any atom is -0.493 e. The smallest absolute Gasteiger partial charge is 0.406 e. The van der Waals surface area contributed by atoms with E-state index in [4.69, 9.17) is 14.7 Å². The zero-order valence-electron chi connectivity index (χ0n) is 11.6. The van der Waals surface area contributed by atoms with Gasteiger partial charge >= 0.3 is 5.82 Å². The number of nitriles is 1. The van der Waals surface area contributed by atoms with Crippen LogP contribution in [-0.2, 0) is 0 Å². The minimum atomic E-state index is -0.584. The predicted molar refractivity (Wildman–Crippen MR) is 77.7 cm³/mol. The van der Waals surface area contributed by atoms with Crippen molar-refractivity contribution in [3.8, 4) is 17.6 Å². The number of rotatable bonds is 7. The summed E-state index contributed by atoms with van der Waals surface area (Å²) >= 11 is 0. The van der Waals surface area contributed by atoms with Crippen LogP contribution in [0.1, 0.15) is 12.0 Å². The van der Waals surface area contributed by atoms with Gasteiger partial charge in [0.1, 0.15) is 11.9 Å². The van der Waals surface area contributed by atoms with Crippen LogP contribution in [0, 0.1) is 21.4 Å². The maximum atomic E-state index is 10.8. The van der Waals surface area contributed by atoms with Crippen molar-refractivity contribution in [3.63, 3.8) is 0 Å². The summed E-state index contributed by atoms with van der Waals surface area (Å²) in [4.78, 5) is 13.8. The maximum absolute atomic E-state index is 10.8. The molecule has 0 bridgehead atoms. The summed E-state index contributed by atoms with van der Waals surface area (Å²) in [6, 6.07) is 11.9. The Kier molecular flexibility index (Phi) is 5.26. The first-order chi connectivity index (χ1) is 10.7. The predicted octanol–water partition coefficient (Wildman–Crippen LogP) is 2.71. The number of nitrogens with zero attached hydrogens (tertiary/aromatic N) is 3. The quantitative estimate of drug-likeness (QED) is 0.443. The number of hydrogen-bond donors (Lipinski definition) is 0. The van der Waals surface area contributed by atoms with Crippen molar-refractivity contribution in [2.45, 2.75) is 6.42 Å². The van der Waals surface area contributed by atoms with Crippen LogP contribution in [0.3, 0.4) is 0 Å². The Morgan fingerprint density at radius 3 is 2.82 bits per heavy atom. The van der Waals surface area contributed by atoms with E-state index in [0.717, 1.165) is 0 Å². The molecule has 0 aliphatic carbocycles. The van der Waals surface area contributed by atoms with Gasteiger partial charge in [-0.3, -0.25) is 0 Å². The highest BCUT2D eigenvalue weighted by atomic mass is 16.6. The lowest BCUT2D eigenvalue weighted by Crippen LogP contribution is -2.06. The molecule has 112 valence electrons. The Labute approximate surface area is 126 Å². The third-order valence-corrected chi connectivity index (χ3v) is 2.70. The molecular weight excluding hydrogens is 286 g/mol. The second-order valence-corrected chi connectivity index (χ2v) is 4.27. The normalized spacial score (nSPS) is 9.77. The van der Waals surface area contributed by atoms with Crippen molar-refractivity contribution in [3.05, 3.63) is 58.3 Å². The molecule has 7 nitrogen and oxygen atoms in total. The van der Waals surface area contributed by atoms with Crippen LogP contribution in [0.5, 0.6) is 11.5 Å². The van der Waals surface area contributed by atoms with Gasteiger partial charge in [-0.1, -0.05) is 6.07 Å². The van der Waals surface area contributed by atoms with Gasteiger partial charge in [-0.15, -0.1) is 0 Å². The van der Waals surface area contributed by atoms with Crippen LogP contribution in [0.2, 0.25) is 0 Å². The van der Waals surface area contributed by atoms with E-state index in [2.05, 4.69) is 4.98 Å². The summed E-state index contributed by atoms with van der Waals surface area (Å²) in [6.45, 7) is 0.646. The van der Waals surface area contributed by atoms with Crippen LogP contribution < -0.4 is 9.47 Å². The Balaban J connectivity index is 1.78. The molecule has 0 spiro atoms. The molecular formula is C15H13N3O4. The molecule has 0 aliphatic rings. The first kappa shape index (κ1) is 15.3.